The summed E-state index contributed by atoms with van der Waals surface area (Å²) in [5.41, 5.74) is 1.38. The van der Waals surface area contributed by atoms with Gasteiger partial charge in [-0.05, 0) is 24.3 Å². The van der Waals surface area contributed by atoms with Crippen molar-refractivity contribution < 1.29 is 1.37 Å². The van der Waals surface area contributed by atoms with E-state index in [1.807, 2.05) is 6.07 Å². The molecule has 0 N–H and O–H groups in total. The summed E-state index contributed by atoms with van der Waals surface area (Å²) in [6.45, 7) is 0. The molecule has 0 atom stereocenters. The maximum Gasteiger partial charge on any atom is 0.0991 e. The first-order valence-electron chi connectivity index (χ1n) is 4.19. The van der Waals surface area contributed by atoms with Crippen LogP contribution in [-0.4, -0.2) is 15.0 Å². The Labute approximate surface area is 76.4 Å². The van der Waals surface area contributed by atoms with Crippen LogP contribution in [0.3, 0.4) is 0 Å². The normalized spacial score (nSPS) is 10.5. The number of hydrogen-bond acceptors (Lipinski definition) is 3. The fraction of sp³-hybridized carbons (Fsp3) is 0. The summed E-state index contributed by atoms with van der Waals surface area (Å²) < 4.78 is 8.69. The average molecular weight is 171 g/mol. The molecule has 1 aromatic heterocycles. The van der Waals surface area contributed by atoms with Crippen molar-refractivity contribution in [2.75, 3.05) is 0 Å². The lowest BCUT2D eigenvalue weighted by atomic mass is 10.2. The van der Waals surface area contributed by atoms with Crippen molar-refractivity contribution in [2.24, 2.45) is 0 Å². The summed E-state index contributed by atoms with van der Waals surface area (Å²) in [5.74, 6) is 0. The zero-order valence-electron chi connectivity index (χ0n) is 7.68. The second-order valence-electron chi connectivity index (χ2n) is 2.45. The third-order valence-corrected chi connectivity index (χ3v) is 1.64. The molecule has 0 spiro atoms. The van der Waals surface area contributed by atoms with Gasteiger partial charge in [-0.2, -0.15) is 5.26 Å². The van der Waals surface area contributed by atoms with Gasteiger partial charge in [-0.25, -0.2) is 4.68 Å². The Kier molecular flexibility index (Phi) is 1.51. The molecule has 4 nitrogen and oxygen atoms in total. The molecule has 0 unspecified atom stereocenters. The van der Waals surface area contributed by atoms with Gasteiger partial charge < -0.3 is 0 Å². The molecule has 0 aliphatic rings. The van der Waals surface area contributed by atoms with E-state index in [0.29, 0.717) is 5.56 Å². The molecule has 0 saturated heterocycles. The Hall–Kier alpha value is -2.15. The van der Waals surface area contributed by atoms with Gasteiger partial charge in [0.05, 0.1) is 31.1 Å². The minimum atomic E-state index is 0.120. The Morgan fingerprint density at radius 1 is 1.38 bits per heavy atom. The van der Waals surface area contributed by atoms with E-state index in [1.54, 1.807) is 24.3 Å². The van der Waals surface area contributed by atoms with Gasteiger partial charge in [0.15, 0.2) is 0 Å². The molecule has 1 aromatic carbocycles. The lowest BCUT2D eigenvalue weighted by Gasteiger charge is -1.97. The Morgan fingerprint density at radius 2 is 2.15 bits per heavy atom. The number of nitriles is 1. The highest BCUT2D eigenvalue weighted by Crippen LogP contribution is 2.06. The fourth-order valence-electron chi connectivity index (χ4n) is 0.995. The third kappa shape index (κ3) is 1.40. The molecule has 0 aliphatic heterocycles. The molecule has 0 fully saturated rings. The third-order valence-electron chi connectivity index (χ3n) is 1.64. The molecular formula is C9H6N4. The van der Waals surface area contributed by atoms with E-state index < -0.39 is 0 Å². The van der Waals surface area contributed by atoms with Crippen LogP contribution < -0.4 is 0 Å². The first-order chi connectivity index (χ1) is 6.79. The molecule has 2 aromatic rings. The summed E-state index contributed by atoms with van der Waals surface area (Å²) in [4.78, 5) is 0. The molecule has 62 valence electrons. The molecule has 2 rings (SSSR count). The van der Waals surface area contributed by atoms with Crippen LogP contribution in [0.4, 0.5) is 0 Å². The average Bonchev–Trinajstić information content (AvgIpc) is 2.65. The van der Waals surface area contributed by atoms with Gasteiger partial charge in [0.1, 0.15) is 0 Å². The SMILES string of the molecule is [2H]c1cn(-c2ccc(C#N)cc2)nn1. The Balaban J connectivity index is 2.39. The Morgan fingerprint density at radius 3 is 2.69 bits per heavy atom. The van der Waals surface area contributed by atoms with Gasteiger partial charge in [-0.15, -0.1) is 5.10 Å². The van der Waals surface area contributed by atoms with Crippen LogP contribution in [0.1, 0.15) is 6.93 Å². The second kappa shape index (κ2) is 3.07. The first kappa shape index (κ1) is 6.38. The van der Waals surface area contributed by atoms with Crippen molar-refractivity contribution in [3.8, 4) is 11.8 Å². The smallest absolute Gasteiger partial charge is 0.0991 e. The van der Waals surface area contributed by atoms with Crippen LogP contribution in [0.25, 0.3) is 5.69 Å². The van der Waals surface area contributed by atoms with Gasteiger partial charge in [0.2, 0.25) is 0 Å². The van der Waals surface area contributed by atoms with Crippen LogP contribution in [0.15, 0.2) is 36.6 Å². The van der Waals surface area contributed by atoms with Crippen LogP contribution in [0, 0.1) is 11.3 Å². The first-order valence-corrected chi connectivity index (χ1v) is 3.69. The highest BCUT2D eigenvalue weighted by Gasteiger charge is 1.95. The molecule has 13 heavy (non-hydrogen) atoms. The highest BCUT2D eigenvalue weighted by molar-refractivity contribution is 5.38. The predicted molar refractivity (Wildman–Crippen MR) is 46.1 cm³/mol. The molecule has 0 bridgehead atoms. The van der Waals surface area contributed by atoms with Crippen molar-refractivity contribution in [2.45, 2.75) is 0 Å². The molecular weight excluding hydrogens is 164 g/mol. The van der Waals surface area contributed by atoms with Crippen molar-refractivity contribution in [3.63, 3.8) is 0 Å². The monoisotopic (exact) mass is 171 g/mol. The fourth-order valence-corrected chi connectivity index (χ4v) is 0.995. The predicted octanol–water partition coefficient (Wildman–Crippen LogP) is 1.14. The summed E-state index contributed by atoms with van der Waals surface area (Å²) in [5, 5.41) is 15.9. The molecule has 0 saturated carbocycles. The van der Waals surface area contributed by atoms with Gasteiger partial charge in [0, 0.05) is 0 Å². The number of aromatic nitrogens is 3. The highest BCUT2D eigenvalue weighted by atomic mass is 15.4. The van der Waals surface area contributed by atoms with E-state index in [4.69, 9.17) is 6.63 Å². The quantitative estimate of drug-likeness (QED) is 0.646. The standard InChI is InChI=1S/C9H6N4/c10-7-8-1-3-9(4-2-8)13-6-5-11-12-13/h1-6H/i5D. The van der Waals surface area contributed by atoms with Gasteiger partial charge >= 0.3 is 0 Å². The second-order valence-corrected chi connectivity index (χ2v) is 2.45. The van der Waals surface area contributed by atoms with E-state index in [2.05, 4.69) is 10.3 Å². The van der Waals surface area contributed by atoms with E-state index >= 15 is 0 Å². The molecule has 0 radical (unpaired) electrons. The minimum Gasteiger partial charge on any atom is -0.221 e. The number of hydrogen-bond donors (Lipinski definition) is 0. The van der Waals surface area contributed by atoms with Gasteiger partial charge in [-0.1, -0.05) is 5.21 Å². The summed E-state index contributed by atoms with van der Waals surface area (Å²) in [6, 6.07) is 8.93. The van der Waals surface area contributed by atoms with E-state index in [1.165, 1.54) is 10.9 Å². The molecule has 4 heteroatoms. The van der Waals surface area contributed by atoms with E-state index in [-0.39, 0.29) is 6.17 Å². The maximum absolute atomic E-state index is 8.59. The zero-order chi connectivity index (χ0) is 9.97. The van der Waals surface area contributed by atoms with Crippen molar-refractivity contribution in [3.05, 3.63) is 42.2 Å². The zero-order valence-corrected chi connectivity index (χ0v) is 6.68. The number of nitrogens with zero attached hydrogens (tertiary/aromatic N) is 4. The summed E-state index contributed by atoms with van der Waals surface area (Å²) >= 11 is 0. The molecule has 0 aliphatic carbocycles. The van der Waals surface area contributed by atoms with Crippen LogP contribution >= 0.6 is 0 Å². The number of benzene rings is 1. The molecule has 1 heterocycles. The van der Waals surface area contributed by atoms with Crippen molar-refractivity contribution >= 4 is 0 Å². The largest absolute Gasteiger partial charge is 0.221 e. The van der Waals surface area contributed by atoms with E-state index in [9.17, 15) is 0 Å². The molecule has 0 amide bonds. The minimum absolute atomic E-state index is 0.120. The Bertz CT molecular complexity index is 480. The van der Waals surface area contributed by atoms with Gasteiger partial charge in [-0.3, -0.25) is 0 Å². The van der Waals surface area contributed by atoms with E-state index in [0.717, 1.165) is 5.69 Å². The van der Waals surface area contributed by atoms with Crippen molar-refractivity contribution in [1.82, 2.24) is 15.0 Å². The van der Waals surface area contributed by atoms with Gasteiger partial charge in [0.25, 0.3) is 0 Å². The summed E-state index contributed by atoms with van der Waals surface area (Å²) in [6.07, 6.45) is 1.62. The topological polar surface area (TPSA) is 54.5 Å². The lowest BCUT2D eigenvalue weighted by molar-refractivity contribution is 0.803. The summed E-state index contributed by atoms with van der Waals surface area (Å²) in [7, 11) is 0. The maximum atomic E-state index is 8.59. The van der Waals surface area contributed by atoms with Crippen LogP contribution in [0.5, 0.6) is 0 Å². The van der Waals surface area contributed by atoms with Crippen LogP contribution in [0.2, 0.25) is 0 Å². The van der Waals surface area contributed by atoms with Crippen molar-refractivity contribution in [1.29, 1.82) is 5.26 Å². The van der Waals surface area contributed by atoms with Crippen LogP contribution in [-0.2, 0) is 0 Å². The number of rotatable bonds is 1. The lowest BCUT2D eigenvalue weighted by Crippen LogP contribution is -1.94.